The van der Waals surface area contributed by atoms with Crippen LogP contribution in [0.3, 0.4) is 0 Å². The molecule has 2 bridgehead atoms. The number of carbonyl (C=O) groups excluding carboxylic acids is 1. The summed E-state index contributed by atoms with van der Waals surface area (Å²) < 4.78 is 10.6. The highest BCUT2D eigenvalue weighted by atomic mass is 16.5. The summed E-state index contributed by atoms with van der Waals surface area (Å²) in [6, 6.07) is 3.68. The maximum atomic E-state index is 12.5. The molecule has 5 rings (SSSR count). The van der Waals surface area contributed by atoms with Crippen molar-refractivity contribution in [3.05, 3.63) is 24.1 Å². The molecule has 0 saturated carbocycles. The number of hydrogen-bond donors (Lipinski definition) is 1. The normalized spacial score (nSPS) is 27.0. The molecule has 6 nitrogen and oxygen atoms in total. The van der Waals surface area contributed by atoms with E-state index in [1.807, 2.05) is 0 Å². The van der Waals surface area contributed by atoms with Crippen LogP contribution in [-0.4, -0.2) is 48.6 Å². The summed E-state index contributed by atoms with van der Waals surface area (Å²) in [7, 11) is 1.55. The van der Waals surface area contributed by atoms with E-state index in [0.717, 1.165) is 25.0 Å². The largest absolute Gasteiger partial charge is 0.480 e. The van der Waals surface area contributed by atoms with Crippen LogP contribution in [0.25, 0.3) is 11.0 Å². The van der Waals surface area contributed by atoms with Crippen LogP contribution in [0.5, 0.6) is 5.88 Å². The summed E-state index contributed by atoms with van der Waals surface area (Å²) in [5.41, 5.74) is 0.960. The predicted molar refractivity (Wildman–Crippen MR) is 81.0 cm³/mol. The van der Waals surface area contributed by atoms with E-state index in [9.17, 15) is 4.79 Å². The Kier molecular flexibility index (Phi) is 3.26. The van der Waals surface area contributed by atoms with Gasteiger partial charge < -0.3 is 19.4 Å². The molecule has 0 spiro atoms. The number of aromatic nitrogens is 1. The quantitative estimate of drug-likeness (QED) is 0.934. The smallest absolute Gasteiger partial charge is 0.270 e. The number of piperidine rings is 3. The fourth-order valence-electron chi connectivity index (χ4n) is 3.58. The second-order valence-corrected chi connectivity index (χ2v) is 6.07. The lowest BCUT2D eigenvalue weighted by molar-refractivity contribution is 0.0617. The molecule has 3 fully saturated rings. The highest BCUT2D eigenvalue weighted by molar-refractivity contribution is 5.96. The second kappa shape index (κ2) is 5.28. The summed E-state index contributed by atoms with van der Waals surface area (Å²) in [5.74, 6) is 0.851. The number of carbonyl (C=O) groups is 1. The van der Waals surface area contributed by atoms with Crippen LogP contribution in [0.15, 0.2) is 22.8 Å². The van der Waals surface area contributed by atoms with Gasteiger partial charge in [0.1, 0.15) is 11.3 Å². The number of amides is 1. The molecule has 0 aliphatic carbocycles. The van der Waals surface area contributed by atoms with Crippen molar-refractivity contribution in [3.8, 4) is 5.88 Å². The molecular formula is C16H19N3O3. The monoisotopic (exact) mass is 301 g/mol. The summed E-state index contributed by atoms with van der Waals surface area (Å²) >= 11 is 0. The Bertz CT molecular complexity index is 704. The van der Waals surface area contributed by atoms with Crippen LogP contribution in [-0.2, 0) is 0 Å². The van der Waals surface area contributed by atoms with E-state index in [2.05, 4.69) is 15.2 Å². The van der Waals surface area contributed by atoms with Crippen LogP contribution < -0.4 is 10.1 Å². The Morgan fingerprint density at radius 3 is 2.95 bits per heavy atom. The molecule has 1 amide bonds. The first kappa shape index (κ1) is 13.6. The Labute approximate surface area is 128 Å². The van der Waals surface area contributed by atoms with Crippen molar-refractivity contribution in [2.24, 2.45) is 5.92 Å². The molecule has 3 aliphatic heterocycles. The highest BCUT2D eigenvalue weighted by Gasteiger charge is 2.35. The molecule has 116 valence electrons. The van der Waals surface area contributed by atoms with Crippen molar-refractivity contribution in [2.75, 3.05) is 26.7 Å². The van der Waals surface area contributed by atoms with E-state index < -0.39 is 0 Å². The third-order valence-electron chi connectivity index (χ3n) is 4.81. The number of furan rings is 1. The molecular weight excluding hydrogens is 282 g/mol. The molecule has 1 unspecified atom stereocenters. The fraction of sp³-hybridized carbons (Fsp3) is 0.500. The van der Waals surface area contributed by atoms with Crippen molar-refractivity contribution in [3.63, 3.8) is 0 Å². The number of rotatable bonds is 3. The molecule has 3 aliphatic rings. The van der Waals surface area contributed by atoms with Crippen molar-refractivity contribution in [1.82, 2.24) is 15.2 Å². The van der Waals surface area contributed by atoms with Crippen LogP contribution >= 0.6 is 0 Å². The molecule has 2 aromatic heterocycles. The van der Waals surface area contributed by atoms with Gasteiger partial charge in [-0.25, -0.2) is 4.98 Å². The zero-order valence-electron chi connectivity index (χ0n) is 12.5. The molecule has 3 saturated heterocycles. The van der Waals surface area contributed by atoms with Gasteiger partial charge in [0, 0.05) is 18.7 Å². The molecule has 1 N–H and O–H groups in total. The van der Waals surface area contributed by atoms with Gasteiger partial charge in [0.25, 0.3) is 5.91 Å². The van der Waals surface area contributed by atoms with Gasteiger partial charge in [0.2, 0.25) is 5.88 Å². The molecule has 0 radical (unpaired) electrons. The highest BCUT2D eigenvalue weighted by Crippen LogP contribution is 2.28. The zero-order valence-corrected chi connectivity index (χ0v) is 12.5. The van der Waals surface area contributed by atoms with Crippen molar-refractivity contribution >= 4 is 16.9 Å². The zero-order chi connectivity index (χ0) is 15.1. The van der Waals surface area contributed by atoms with Crippen LogP contribution in [0.4, 0.5) is 0 Å². The number of fused-ring (bicyclic) bond motifs is 4. The summed E-state index contributed by atoms with van der Waals surface area (Å²) in [6.07, 6.45) is 3.90. The average Bonchev–Trinajstić information content (AvgIpc) is 3.03. The first-order chi connectivity index (χ1) is 10.7. The van der Waals surface area contributed by atoms with Crippen molar-refractivity contribution in [1.29, 1.82) is 0 Å². The SMILES string of the molecule is COc1nc(C(=O)NC2CN3CCC2CC3)cc2occc12. The van der Waals surface area contributed by atoms with Crippen LogP contribution in [0.2, 0.25) is 0 Å². The lowest BCUT2D eigenvalue weighted by Crippen LogP contribution is -2.57. The number of hydrogen-bond acceptors (Lipinski definition) is 5. The first-order valence-corrected chi connectivity index (χ1v) is 7.70. The van der Waals surface area contributed by atoms with Gasteiger partial charge in [-0.15, -0.1) is 0 Å². The van der Waals surface area contributed by atoms with Gasteiger partial charge in [-0.3, -0.25) is 4.79 Å². The van der Waals surface area contributed by atoms with Crippen LogP contribution in [0.1, 0.15) is 23.3 Å². The lowest BCUT2D eigenvalue weighted by Gasteiger charge is -2.44. The van der Waals surface area contributed by atoms with E-state index in [4.69, 9.17) is 9.15 Å². The Morgan fingerprint density at radius 1 is 1.45 bits per heavy atom. The average molecular weight is 301 g/mol. The molecule has 1 atom stereocenters. The van der Waals surface area contributed by atoms with Gasteiger partial charge >= 0.3 is 0 Å². The molecule has 0 aromatic carbocycles. The molecule has 6 heteroatoms. The number of ether oxygens (including phenoxy) is 1. The predicted octanol–water partition coefficient (Wildman–Crippen LogP) is 1.66. The molecule has 2 aromatic rings. The van der Waals surface area contributed by atoms with E-state index in [0.29, 0.717) is 23.1 Å². The van der Waals surface area contributed by atoms with Gasteiger partial charge in [-0.1, -0.05) is 0 Å². The summed E-state index contributed by atoms with van der Waals surface area (Å²) in [6.45, 7) is 3.25. The Balaban J connectivity index is 1.57. The Hall–Kier alpha value is -2.08. The van der Waals surface area contributed by atoms with Gasteiger partial charge in [0.05, 0.1) is 18.8 Å². The number of pyridine rings is 1. The minimum Gasteiger partial charge on any atom is -0.480 e. The number of nitrogens with zero attached hydrogens (tertiary/aromatic N) is 2. The fourth-order valence-corrected chi connectivity index (χ4v) is 3.58. The lowest BCUT2D eigenvalue weighted by atomic mass is 9.84. The third kappa shape index (κ3) is 2.23. The van der Waals surface area contributed by atoms with Crippen molar-refractivity contribution < 1.29 is 13.9 Å². The van der Waals surface area contributed by atoms with Crippen LogP contribution in [0, 0.1) is 5.92 Å². The number of methoxy groups -OCH3 is 1. The molecule has 5 heterocycles. The third-order valence-corrected chi connectivity index (χ3v) is 4.81. The summed E-state index contributed by atoms with van der Waals surface area (Å²) in [5, 5.41) is 3.91. The summed E-state index contributed by atoms with van der Waals surface area (Å²) in [4.78, 5) is 19.3. The van der Waals surface area contributed by atoms with Gasteiger partial charge in [-0.2, -0.15) is 0 Å². The standard InChI is InChI=1S/C16H19N3O3/c1-21-16-11-4-7-22-14(11)8-12(18-16)15(20)17-13-9-19-5-2-10(13)3-6-19/h4,7-8,10,13H,2-3,5-6,9H2,1H3,(H,17,20). The van der Waals surface area contributed by atoms with E-state index in [1.54, 1.807) is 25.5 Å². The first-order valence-electron chi connectivity index (χ1n) is 7.70. The Morgan fingerprint density at radius 2 is 2.27 bits per heavy atom. The molecule has 22 heavy (non-hydrogen) atoms. The van der Waals surface area contributed by atoms with Gasteiger partial charge in [-0.05, 0) is 37.9 Å². The second-order valence-electron chi connectivity index (χ2n) is 6.07. The minimum atomic E-state index is -0.157. The maximum absolute atomic E-state index is 12.5. The van der Waals surface area contributed by atoms with Gasteiger partial charge in [0.15, 0.2) is 0 Å². The topological polar surface area (TPSA) is 67.6 Å². The van der Waals surface area contributed by atoms with E-state index in [-0.39, 0.29) is 11.9 Å². The minimum absolute atomic E-state index is 0.157. The van der Waals surface area contributed by atoms with Crippen molar-refractivity contribution in [2.45, 2.75) is 18.9 Å². The number of nitrogens with one attached hydrogen (secondary N) is 1. The van der Waals surface area contributed by atoms with E-state index >= 15 is 0 Å². The van der Waals surface area contributed by atoms with E-state index in [1.165, 1.54) is 12.8 Å². The maximum Gasteiger partial charge on any atom is 0.270 e.